The molecule has 0 amide bonds. The molecule has 0 bridgehead atoms. The molecule has 1 aromatic heterocycles. The predicted molar refractivity (Wildman–Crippen MR) is 47.9 cm³/mol. The summed E-state index contributed by atoms with van der Waals surface area (Å²) in [7, 11) is 1.61. The summed E-state index contributed by atoms with van der Waals surface area (Å²) >= 11 is 0. The second kappa shape index (κ2) is 3.81. The molecule has 2 rings (SSSR count). The molecule has 0 saturated heterocycles. The smallest absolute Gasteiger partial charge is 0.115 e. The van der Waals surface area contributed by atoms with Crippen LogP contribution in [-0.4, -0.2) is 17.1 Å². The van der Waals surface area contributed by atoms with Crippen LogP contribution in [0.3, 0.4) is 0 Å². The van der Waals surface area contributed by atoms with Crippen LogP contribution in [0.25, 0.3) is 0 Å². The molecule has 13 heavy (non-hydrogen) atoms. The Balaban J connectivity index is 2.12. The molecule has 0 aromatic carbocycles. The molecular weight excluding hydrogens is 166 g/mol. The van der Waals surface area contributed by atoms with E-state index in [9.17, 15) is 0 Å². The summed E-state index contributed by atoms with van der Waals surface area (Å²) in [5.41, 5.74) is 5.13. The fourth-order valence-electron chi connectivity index (χ4n) is 1.38. The van der Waals surface area contributed by atoms with Gasteiger partial charge in [0, 0.05) is 24.2 Å². The molecule has 1 fully saturated rings. The van der Waals surface area contributed by atoms with Gasteiger partial charge >= 0.3 is 0 Å². The maximum atomic E-state index is 4.80. The maximum Gasteiger partial charge on any atom is 0.115 e. The van der Waals surface area contributed by atoms with Crippen LogP contribution in [0, 0.1) is 0 Å². The van der Waals surface area contributed by atoms with Gasteiger partial charge in [0.05, 0.1) is 12.8 Å². The van der Waals surface area contributed by atoms with Crippen LogP contribution in [0.2, 0.25) is 0 Å². The highest BCUT2D eigenvalue weighted by Gasteiger charge is 2.27. The van der Waals surface area contributed by atoms with E-state index in [0.717, 1.165) is 5.56 Å². The SMILES string of the molecule is CONCc1cncnc1C1CC1. The third-order valence-corrected chi connectivity index (χ3v) is 2.19. The minimum absolute atomic E-state index is 0.664. The van der Waals surface area contributed by atoms with Crippen molar-refractivity contribution in [3.05, 3.63) is 23.8 Å². The summed E-state index contributed by atoms with van der Waals surface area (Å²) in [5, 5.41) is 0. The Kier molecular flexibility index (Phi) is 2.52. The van der Waals surface area contributed by atoms with Crippen LogP contribution in [0.5, 0.6) is 0 Å². The zero-order valence-corrected chi connectivity index (χ0v) is 7.66. The summed E-state index contributed by atoms with van der Waals surface area (Å²) in [6.07, 6.45) is 5.99. The minimum atomic E-state index is 0.664. The van der Waals surface area contributed by atoms with Crippen LogP contribution in [-0.2, 0) is 11.4 Å². The van der Waals surface area contributed by atoms with E-state index >= 15 is 0 Å². The Labute approximate surface area is 77.3 Å². The average Bonchev–Trinajstić information content (AvgIpc) is 2.98. The molecule has 0 spiro atoms. The highest BCUT2D eigenvalue weighted by molar-refractivity contribution is 5.23. The van der Waals surface area contributed by atoms with Crippen LogP contribution in [0.4, 0.5) is 0 Å². The lowest BCUT2D eigenvalue weighted by molar-refractivity contribution is 0.0863. The molecular formula is C9H13N3O. The van der Waals surface area contributed by atoms with Crippen molar-refractivity contribution in [1.82, 2.24) is 15.4 Å². The van der Waals surface area contributed by atoms with Crippen LogP contribution in [0.15, 0.2) is 12.5 Å². The Hall–Kier alpha value is -1.00. The molecule has 4 heteroatoms. The van der Waals surface area contributed by atoms with Crippen molar-refractivity contribution in [3.8, 4) is 0 Å². The van der Waals surface area contributed by atoms with Gasteiger partial charge in [-0.1, -0.05) is 0 Å². The summed E-state index contributed by atoms with van der Waals surface area (Å²) in [6.45, 7) is 0.684. The van der Waals surface area contributed by atoms with Crippen molar-refractivity contribution in [2.75, 3.05) is 7.11 Å². The van der Waals surface area contributed by atoms with Gasteiger partial charge in [-0.25, -0.2) is 9.97 Å². The predicted octanol–water partition coefficient (Wildman–Crippen LogP) is 1.00. The van der Waals surface area contributed by atoms with Crippen molar-refractivity contribution >= 4 is 0 Å². The van der Waals surface area contributed by atoms with Crippen molar-refractivity contribution in [3.63, 3.8) is 0 Å². The van der Waals surface area contributed by atoms with Gasteiger partial charge in [-0.2, -0.15) is 5.48 Å². The summed E-state index contributed by atoms with van der Waals surface area (Å²) < 4.78 is 0. The number of nitrogens with one attached hydrogen (secondary N) is 1. The van der Waals surface area contributed by atoms with Crippen LogP contribution >= 0.6 is 0 Å². The molecule has 1 heterocycles. The lowest BCUT2D eigenvalue weighted by atomic mass is 10.1. The van der Waals surface area contributed by atoms with Crippen molar-refractivity contribution in [1.29, 1.82) is 0 Å². The van der Waals surface area contributed by atoms with E-state index in [4.69, 9.17) is 4.84 Å². The monoisotopic (exact) mass is 179 g/mol. The summed E-state index contributed by atoms with van der Waals surface area (Å²) in [5.74, 6) is 0.664. The molecule has 0 radical (unpaired) electrons. The number of rotatable bonds is 4. The molecule has 0 unspecified atom stereocenters. The fraction of sp³-hybridized carbons (Fsp3) is 0.556. The quantitative estimate of drug-likeness (QED) is 0.700. The lowest BCUT2D eigenvalue weighted by Gasteiger charge is -2.06. The second-order valence-corrected chi connectivity index (χ2v) is 3.23. The average molecular weight is 179 g/mol. The number of hydroxylamine groups is 1. The van der Waals surface area contributed by atoms with Gasteiger partial charge in [0.1, 0.15) is 6.33 Å². The topological polar surface area (TPSA) is 47.0 Å². The van der Waals surface area contributed by atoms with E-state index in [2.05, 4.69) is 15.4 Å². The van der Waals surface area contributed by atoms with Gasteiger partial charge in [0.25, 0.3) is 0 Å². The number of hydrogen-bond acceptors (Lipinski definition) is 4. The van der Waals surface area contributed by atoms with Gasteiger partial charge < -0.3 is 4.84 Å². The van der Waals surface area contributed by atoms with E-state index in [0.29, 0.717) is 12.5 Å². The number of nitrogens with zero attached hydrogens (tertiary/aromatic N) is 2. The standard InChI is InChI=1S/C9H13N3O/c1-13-12-5-8-4-10-6-11-9(8)7-2-3-7/h4,6-7,12H,2-3,5H2,1H3. The zero-order chi connectivity index (χ0) is 9.10. The lowest BCUT2D eigenvalue weighted by Crippen LogP contribution is -2.13. The molecule has 4 nitrogen and oxygen atoms in total. The first kappa shape index (κ1) is 8.59. The van der Waals surface area contributed by atoms with E-state index in [-0.39, 0.29) is 0 Å². The summed E-state index contributed by atoms with van der Waals surface area (Å²) in [4.78, 5) is 13.1. The number of hydrogen-bond donors (Lipinski definition) is 1. The molecule has 1 saturated carbocycles. The molecule has 1 aliphatic rings. The Morgan fingerprint density at radius 2 is 2.46 bits per heavy atom. The molecule has 0 aliphatic heterocycles. The third-order valence-electron chi connectivity index (χ3n) is 2.19. The summed E-state index contributed by atoms with van der Waals surface area (Å²) in [6, 6.07) is 0. The second-order valence-electron chi connectivity index (χ2n) is 3.23. The van der Waals surface area contributed by atoms with Crippen LogP contribution in [0.1, 0.15) is 30.0 Å². The van der Waals surface area contributed by atoms with Crippen LogP contribution < -0.4 is 5.48 Å². The molecule has 1 N–H and O–H groups in total. The van der Waals surface area contributed by atoms with E-state index in [1.165, 1.54) is 18.5 Å². The van der Waals surface area contributed by atoms with Crippen molar-refractivity contribution in [2.45, 2.75) is 25.3 Å². The first-order chi connectivity index (χ1) is 6.42. The van der Waals surface area contributed by atoms with E-state index in [1.54, 1.807) is 13.4 Å². The van der Waals surface area contributed by atoms with E-state index in [1.807, 2.05) is 6.20 Å². The van der Waals surface area contributed by atoms with Gasteiger partial charge in [-0.3, -0.25) is 0 Å². The zero-order valence-electron chi connectivity index (χ0n) is 7.66. The largest absolute Gasteiger partial charge is 0.305 e. The Morgan fingerprint density at radius 1 is 1.62 bits per heavy atom. The molecule has 0 atom stereocenters. The molecule has 1 aromatic rings. The number of aromatic nitrogens is 2. The molecule has 70 valence electrons. The van der Waals surface area contributed by atoms with Crippen molar-refractivity contribution in [2.24, 2.45) is 0 Å². The third kappa shape index (κ3) is 2.02. The maximum absolute atomic E-state index is 4.80. The van der Waals surface area contributed by atoms with Crippen molar-refractivity contribution < 1.29 is 4.84 Å². The Bertz CT molecular complexity index is 286. The van der Waals surface area contributed by atoms with E-state index < -0.39 is 0 Å². The van der Waals surface area contributed by atoms with Gasteiger partial charge in [0.15, 0.2) is 0 Å². The first-order valence-corrected chi connectivity index (χ1v) is 4.46. The molecule has 1 aliphatic carbocycles. The Morgan fingerprint density at radius 3 is 3.15 bits per heavy atom. The minimum Gasteiger partial charge on any atom is -0.305 e. The normalized spacial score (nSPS) is 16.1. The first-order valence-electron chi connectivity index (χ1n) is 4.46. The van der Waals surface area contributed by atoms with Gasteiger partial charge in [-0.05, 0) is 12.8 Å². The highest BCUT2D eigenvalue weighted by Crippen LogP contribution is 2.40. The highest BCUT2D eigenvalue weighted by atomic mass is 16.6. The van der Waals surface area contributed by atoms with Gasteiger partial charge in [-0.15, -0.1) is 0 Å². The fourth-order valence-corrected chi connectivity index (χ4v) is 1.38. The van der Waals surface area contributed by atoms with Gasteiger partial charge in [0.2, 0.25) is 0 Å².